The first kappa shape index (κ1) is 21.7. The van der Waals surface area contributed by atoms with Crippen LogP contribution in [0, 0.1) is 5.82 Å². The SMILES string of the molecule is O=C(OCc1ccccc1)N1CCC2(OCCN2S(=O)(=O)c2ccc(F)cc2)C(F)C1. The first-order valence-corrected chi connectivity index (χ1v) is 11.3. The summed E-state index contributed by atoms with van der Waals surface area (Å²) in [6.45, 7) is -0.232. The molecule has 2 saturated heterocycles. The van der Waals surface area contributed by atoms with E-state index >= 15 is 4.39 Å². The third-order valence-corrected chi connectivity index (χ3v) is 7.48. The van der Waals surface area contributed by atoms with E-state index in [1.807, 2.05) is 18.2 Å². The van der Waals surface area contributed by atoms with Crippen LogP contribution in [0.1, 0.15) is 12.0 Å². The number of ether oxygens (including phenoxy) is 2. The maximum Gasteiger partial charge on any atom is 0.410 e. The molecule has 0 N–H and O–H groups in total. The summed E-state index contributed by atoms with van der Waals surface area (Å²) in [5.41, 5.74) is -0.902. The van der Waals surface area contributed by atoms with Gasteiger partial charge in [-0.2, -0.15) is 4.31 Å². The Morgan fingerprint density at radius 3 is 2.52 bits per heavy atom. The second kappa shape index (κ2) is 8.52. The van der Waals surface area contributed by atoms with Gasteiger partial charge >= 0.3 is 6.09 Å². The third kappa shape index (κ3) is 4.15. The van der Waals surface area contributed by atoms with Crippen molar-refractivity contribution in [2.24, 2.45) is 0 Å². The maximum absolute atomic E-state index is 15.3. The highest BCUT2D eigenvalue weighted by atomic mass is 32.2. The van der Waals surface area contributed by atoms with Crippen LogP contribution in [0.5, 0.6) is 0 Å². The Morgan fingerprint density at radius 2 is 1.84 bits per heavy atom. The molecule has 0 bridgehead atoms. The van der Waals surface area contributed by atoms with Crippen molar-refractivity contribution in [1.29, 1.82) is 0 Å². The molecule has 2 aromatic rings. The van der Waals surface area contributed by atoms with E-state index in [-0.39, 0.29) is 44.2 Å². The summed E-state index contributed by atoms with van der Waals surface area (Å²) < 4.78 is 66.6. The molecule has 7 nitrogen and oxygen atoms in total. The molecule has 2 aromatic carbocycles. The highest BCUT2D eigenvalue weighted by molar-refractivity contribution is 7.89. The average molecular weight is 452 g/mol. The van der Waals surface area contributed by atoms with Gasteiger partial charge in [0.2, 0.25) is 10.0 Å². The van der Waals surface area contributed by atoms with E-state index in [4.69, 9.17) is 9.47 Å². The standard InChI is InChI=1S/C21H22F2N2O5S/c22-17-6-8-18(9-7-17)31(27,28)25-12-13-30-21(25)10-11-24(14-19(21)23)20(26)29-15-16-4-2-1-3-5-16/h1-9,19H,10-15H2. The van der Waals surface area contributed by atoms with E-state index in [2.05, 4.69) is 0 Å². The van der Waals surface area contributed by atoms with Crippen molar-refractivity contribution in [3.8, 4) is 0 Å². The molecule has 2 aliphatic heterocycles. The zero-order valence-corrected chi connectivity index (χ0v) is 17.4. The van der Waals surface area contributed by atoms with Crippen LogP contribution in [-0.2, 0) is 26.1 Å². The van der Waals surface area contributed by atoms with E-state index in [0.29, 0.717) is 0 Å². The molecule has 0 saturated carbocycles. The van der Waals surface area contributed by atoms with Gasteiger partial charge in [-0.1, -0.05) is 30.3 Å². The van der Waals surface area contributed by atoms with Gasteiger partial charge in [0.1, 0.15) is 12.4 Å². The monoisotopic (exact) mass is 452 g/mol. The Morgan fingerprint density at radius 1 is 1.13 bits per heavy atom. The predicted molar refractivity (Wildman–Crippen MR) is 107 cm³/mol. The van der Waals surface area contributed by atoms with Crippen LogP contribution in [0.3, 0.4) is 0 Å². The van der Waals surface area contributed by atoms with Gasteiger partial charge in [-0.05, 0) is 29.8 Å². The van der Waals surface area contributed by atoms with Crippen molar-refractivity contribution in [2.45, 2.75) is 29.8 Å². The number of benzene rings is 2. The minimum Gasteiger partial charge on any atom is -0.445 e. The van der Waals surface area contributed by atoms with Crippen molar-refractivity contribution in [2.75, 3.05) is 26.2 Å². The molecule has 1 amide bonds. The van der Waals surface area contributed by atoms with Crippen molar-refractivity contribution in [3.05, 3.63) is 66.0 Å². The summed E-state index contributed by atoms with van der Waals surface area (Å²) in [6, 6.07) is 13.4. The van der Waals surface area contributed by atoms with Crippen LogP contribution in [0.15, 0.2) is 59.5 Å². The Labute approximate surface area is 179 Å². The van der Waals surface area contributed by atoms with E-state index < -0.39 is 33.8 Å². The molecule has 4 rings (SSSR count). The van der Waals surface area contributed by atoms with E-state index in [0.717, 1.165) is 34.1 Å². The van der Waals surface area contributed by atoms with Gasteiger partial charge in [-0.15, -0.1) is 0 Å². The van der Waals surface area contributed by atoms with E-state index in [9.17, 15) is 17.6 Å². The largest absolute Gasteiger partial charge is 0.445 e. The summed E-state index contributed by atoms with van der Waals surface area (Å²) in [7, 11) is -4.11. The molecular weight excluding hydrogens is 430 g/mol. The fourth-order valence-corrected chi connectivity index (χ4v) is 5.64. The number of halogens is 2. The summed E-state index contributed by atoms with van der Waals surface area (Å²) >= 11 is 0. The Bertz CT molecular complexity index is 1040. The van der Waals surface area contributed by atoms with Gasteiger partial charge < -0.3 is 14.4 Å². The highest BCUT2D eigenvalue weighted by Crippen LogP contribution is 2.40. The van der Waals surface area contributed by atoms with Crippen LogP contribution in [0.2, 0.25) is 0 Å². The first-order chi connectivity index (χ1) is 14.8. The number of likely N-dealkylation sites (tertiary alicyclic amines) is 1. The Hall–Kier alpha value is -2.56. The minimum atomic E-state index is -4.11. The molecular formula is C21H22F2N2O5S. The van der Waals surface area contributed by atoms with Gasteiger partial charge in [-0.25, -0.2) is 22.0 Å². The average Bonchev–Trinajstić information content (AvgIpc) is 3.21. The molecule has 0 aliphatic carbocycles. The van der Waals surface area contributed by atoms with Crippen molar-refractivity contribution in [1.82, 2.24) is 9.21 Å². The molecule has 2 atom stereocenters. The summed E-state index contributed by atoms with van der Waals surface area (Å²) in [6.07, 6.45) is -2.50. The molecule has 10 heteroatoms. The minimum absolute atomic E-state index is 0.0271. The first-order valence-electron chi connectivity index (χ1n) is 9.85. The molecule has 31 heavy (non-hydrogen) atoms. The Kier molecular flexibility index (Phi) is 5.96. The lowest BCUT2D eigenvalue weighted by molar-refractivity contribution is -0.138. The topological polar surface area (TPSA) is 76.2 Å². The van der Waals surface area contributed by atoms with Crippen molar-refractivity contribution in [3.63, 3.8) is 0 Å². The smallest absolute Gasteiger partial charge is 0.410 e. The van der Waals surface area contributed by atoms with Gasteiger partial charge in [0.25, 0.3) is 0 Å². The lowest BCUT2D eigenvalue weighted by Crippen LogP contribution is -2.62. The third-order valence-electron chi connectivity index (χ3n) is 5.54. The normalized spacial score (nSPS) is 24.5. The van der Waals surface area contributed by atoms with Crippen LogP contribution in [0.4, 0.5) is 13.6 Å². The van der Waals surface area contributed by atoms with Gasteiger partial charge in [0, 0.05) is 19.5 Å². The molecule has 2 aliphatic rings. The molecule has 0 radical (unpaired) electrons. The number of alkyl halides is 1. The summed E-state index contributed by atoms with van der Waals surface area (Å²) in [5.74, 6) is -0.572. The second-order valence-electron chi connectivity index (χ2n) is 7.43. The van der Waals surface area contributed by atoms with Gasteiger partial charge in [-0.3, -0.25) is 0 Å². The zero-order chi connectivity index (χ0) is 22.1. The second-order valence-corrected chi connectivity index (χ2v) is 9.29. The van der Waals surface area contributed by atoms with Crippen LogP contribution in [0.25, 0.3) is 0 Å². The summed E-state index contributed by atoms with van der Waals surface area (Å²) in [4.78, 5) is 13.4. The summed E-state index contributed by atoms with van der Waals surface area (Å²) in [5, 5.41) is 0. The number of hydrogen-bond acceptors (Lipinski definition) is 5. The number of carbonyl (C=O) groups excluding carboxylic acids is 1. The predicted octanol–water partition coefficient (Wildman–Crippen LogP) is 2.92. The lowest BCUT2D eigenvalue weighted by Gasteiger charge is -2.44. The fraction of sp³-hybridized carbons (Fsp3) is 0.381. The molecule has 0 aromatic heterocycles. The highest BCUT2D eigenvalue weighted by Gasteiger charge is 2.57. The van der Waals surface area contributed by atoms with E-state index in [1.165, 1.54) is 4.90 Å². The maximum atomic E-state index is 15.3. The zero-order valence-electron chi connectivity index (χ0n) is 16.6. The number of piperidine rings is 1. The number of nitrogens with zero attached hydrogens (tertiary/aromatic N) is 2. The van der Waals surface area contributed by atoms with Crippen LogP contribution < -0.4 is 0 Å². The number of rotatable bonds is 4. The Balaban J connectivity index is 1.46. The number of hydrogen-bond donors (Lipinski definition) is 0. The molecule has 2 heterocycles. The number of sulfonamides is 1. The van der Waals surface area contributed by atoms with Gasteiger partial charge in [0.15, 0.2) is 11.9 Å². The van der Waals surface area contributed by atoms with Crippen LogP contribution in [-0.4, -0.2) is 61.9 Å². The number of carbonyl (C=O) groups is 1. The molecule has 2 fully saturated rings. The number of amides is 1. The molecule has 166 valence electrons. The van der Waals surface area contributed by atoms with Crippen LogP contribution >= 0.6 is 0 Å². The fourth-order valence-electron chi connectivity index (χ4n) is 3.92. The van der Waals surface area contributed by atoms with E-state index in [1.54, 1.807) is 12.1 Å². The van der Waals surface area contributed by atoms with Crippen molar-refractivity contribution < 1.29 is 31.5 Å². The molecule has 1 spiro atoms. The molecule has 2 unspecified atom stereocenters. The van der Waals surface area contributed by atoms with Gasteiger partial charge in [0.05, 0.1) is 18.0 Å². The lowest BCUT2D eigenvalue weighted by atomic mass is 9.99. The quantitative estimate of drug-likeness (QED) is 0.713. The van der Waals surface area contributed by atoms with Crippen molar-refractivity contribution >= 4 is 16.1 Å².